The van der Waals surface area contributed by atoms with Gasteiger partial charge in [-0.3, -0.25) is 4.79 Å². The Balaban J connectivity index is 1.81. The molecule has 3 rings (SSSR count). The third-order valence-electron chi connectivity index (χ3n) is 4.26. The van der Waals surface area contributed by atoms with Crippen LogP contribution in [0.4, 0.5) is 4.39 Å². The highest BCUT2D eigenvalue weighted by molar-refractivity contribution is 7.91. The third-order valence-corrected chi connectivity index (χ3v) is 5.72. The number of nitrogens with one attached hydrogen (secondary N) is 1. The number of aromatic nitrogens is 2. The molecular weight excluding hydrogens is 397 g/mol. The zero-order valence-electron chi connectivity index (χ0n) is 15.7. The Labute approximate surface area is 167 Å². The van der Waals surface area contributed by atoms with Crippen LogP contribution in [-0.4, -0.2) is 30.3 Å². The first-order valence-corrected chi connectivity index (χ1v) is 10.7. The molecular formula is C20H20FN3O4S. The topological polar surface area (TPSA) is 102 Å². The number of carbonyl (C=O) groups is 1. The molecule has 1 amide bonds. The fourth-order valence-corrected chi connectivity index (χ4v) is 3.32. The number of amides is 1. The van der Waals surface area contributed by atoms with Crippen LogP contribution in [0.15, 0.2) is 64.2 Å². The molecule has 0 saturated heterocycles. The Morgan fingerprint density at radius 2 is 1.76 bits per heavy atom. The summed E-state index contributed by atoms with van der Waals surface area (Å²) >= 11 is 0. The van der Waals surface area contributed by atoms with E-state index < -0.39 is 21.1 Å². The van der Waals surface area contributed by atoms with Gasteiger partial charge in [0.15, 0.2) is 0 Å². The number of benzene rings is 2. The highest BCUT2D eigenvalue weighted by atomic mass is 32.2. The van der Waals surface area contributed by atoms with E-state index in [0.29, 0.717) is 12.0 Å². The molecule has 0 unspecified atom stereocenters. The van der Waals surface area contributed by atoms with Gasteiger partial charge in [0.25, 0.3) is 0 Å². The second-order valence-electron chi connectivity index (χ2n) is 6.42. The molecule has 0 fully saturated rings. The molecule has 9 heteroatoms. The van der Waals surface area contributed by atoms with Gasteiger partial charge in [0.1, 0.15) is 11.9 Å². The van der Waals surface area contributed by atoms with Crippen molar-refractivity contribution in [3.05, 3.63) is 77.4 Å². The summed E-state index contributed by atoms with van der Waals surface area (Å²) in [7, 11) is -3.65. The van der Waals surface area contributed by atoms with Gasteiger partial charge < -0.3 is 9.73 Å². The molecule has 0 radical (unpaired) electrons. The van der Waals surface area contributed by atoms with Crippen LogP contribution in [0.2, 0.25) is 0 Å². The largest absolute Gasteiger partial charge is 0.410 e. The van der Waals surface area contributed by atoms with Gasteiger partial charge in [-0.05, 0) is 23.3 Å². The minimum Gasteiger partial charge on any atom is -0.410 e. The standard InChI is InChI=1S/C20H20FN3O4S/c1-2-29(26,27)20-24-23-19(28-20)17(12-14-6-4-3-5-7-14)22-18(25)13-15-8-10-16(21)11-9-15/h3-11,17H,2,12-13H2,1H3,(H,22,25)/t17-/m0/s1. The predicted molar refractivity (Wildman–Crippen MR) is 103 cm³/mol. The SMILES string of the molecule is CCS(=O)(=O)c1nnc([C@H](Cc2ccccc2)NC(=O)Cc2ccc(F)cc2)o1. The summed E-state index contributed by atoms with van der Waals surface area (Å²) in [5, 5.41) is 9.80. The summed E-state index contributed by atoms with van der Waals surface area (Å²) in [4.78, 5) is 12.5. The molecule has 0 spiro atoms. The van der Waals surface area contributed by atoms with Gasteiger partial charge in [-0.25, -0.2) is 12.8 Å². The van der Waals surface area contributed by atoms with Gasteiger partial charge in [0.05, 0.1) is 12.2 Å². The Kier molecular flexibility index (Phi) is 6.38. The zero-order valence-corrected chi connectivity index (χ0v) is 16.5. The van der Waals surface area contributed by atoms with Crippen molar-refractivity contribution in [3.63, 3.8) is 0 Å². The lowest BCUT2D eigenvalue weighted by molar-refractivity contribution is -0.121. The lowest BCUT2D eigenvalue weighted by Crippen LogP contribution is -2.31. The summed E-state index contributed by atoms with van der Waals surface area (Å²) in [5.74, 6) is -0.884. The van der Waals surface area contributed by atoms with Crippen molar-refractivity contribution < 1.29 is 22.0 Å². The fraction of sp³-hybridized carbons (Fsp3) is 0.250. The Morgan fingerprint density at radius 1 is 1.07 bits per heavy atom. The number of hydrogen-bond acceptors (Lipinski definition) is 6. The highest BCUT2D eigenvalue weighted by Crippen LogP contribution is 2.20. The van der Waals surface area contributed by atoms with Crippen molar-refractivity contribution >= 4 is 15.7 Å². The minimum absolute atomic E-state index is 0.00772. The zero-order chi connectivity index (χ0) is 20.9. The van der Waals surface area contributed by atoms with Crippen LogP contribution in [0.3, 0.4) is 0 Å². The predicted octanol–water partition coefficient (Wildman–Crippen LogP) is 2.65. The maximum absolute atomic E-state index is 13.0. The summed E-state index contributed by atoms with van der Waals surface area (Å²) in [6.07, 6.45) is 0.365. The smallest absolute Gasteiger partial charge is 0.335 e. The first-order valence-electron chi connectivity index (χ1n) is 9.01. The van der Waals surface area contributed by atoms with Crippen molar-refractivity contribution in [2.75, 3.05) is 5.75 Å². The minimum atomic E-state index is -3.65. The number of hydrogen-bond donors (Lipinski definition) is 1. The van der Waals surface area contributed by atoms with Gasteiger partial charge in [0.2, 0.25) is 21.6 Å². The van der Waals surface area contributed by atoms with E-state index in [-0.39, 0.29) is 29.8 Å². The average molecular weight is 417 g/mol. The van der Waals surface area contributed by atoms with E-state index in [4.69, 9.17) is 4.42 Å². The van der Waals surface area contributed by atoms with Crippen molar-refractivity contribution in [1.29, 1.82) is 0 Å². The Bertz CT molecular complexity index is 1070. The van der Waals surface area contributed by atoms with Crippen molar-refractivity contribution in [2.24, 2.45) is 0 Å². The molecule has 152 valence electrons. The Morgan fingerprint density at radius 3 is 2.41 bits per heavy atom. The molecule has 3 aromatic rings. The number of rotatable bonds is 8. The molecule has 7 nitrogen and oxygen atoms in total. The van der Waals surface area contributed by atoms with Gasteiger partial charge in [-0.1, -0.05) is 54.5 Å². The third kappa shape index (κ3) is 5.47. The van der Waals surface area contributed by atoms with Crippen LogP contribution in [0.1, 0.15) is 30.0 Å². The van der Waals surface area contributed by atoms with Crippen molar-refractivity contribution in [2.45, 2.75) is 31.0 Å². The van der Waals surface area contributed by atoms with Crippen molar-refractivity contribution in [3.8, 4) is 0 Å². The number of carbonyl (C=O) groups excluding carboxylic acids is 1. The van der Waals surface area contributed by atoms with E-state index in [1.807, 2.05) is 30.3 Å². The van der Waals surface area contributed by atoms with E-state index in [1.54, 1.807) is 0 Å². The monoisotopic (exact) mass is 417 g/mol. The molecule has 2 aromatic carbocycles. The average Bonchev–Trinajstić information content (AvgIpc) is 3.21. The molecule has 0 saturated carbocycles. The summed E-state index contributed by atoms with van der Waals surface area (Å²) < 4.78 is 42.4. The Hall–Kier alpha value is -3.07. The molecule has 29 heavy (non-hydrogen) atoms. The molecule has 1 aromatic heterocycles. The van der Waals surface area contributed by atoms with Gasteiger partial charge in [0, 0.05) is 6.42 Å². The van der Waals surface area contributed by atoms with Gasteiger partial charge in [-0.15, -0.1) is 5.10 Å². The normalized spacial score (nSPS) is 12.5. The molecule has 0 aliphatic carbocycles. The van der Waals surface area contributed by atoms with Crippen LogP contribution >= 0.6 is 0 Å². The van der Waals surface area contributed by atoms with Crippen LogP contribution in [0, 0.1) is 5.82 Å². The van der Waals surface area contributed by atoms with Crippen LogP contribution in [0.5, 0.6) is 0 Å². The summed E-state index contributed by atoms with van der Waals surface area (Å²) in [5.41, 5.74) is 1.54. The maximum atomic E-state index is 13.0. The first-order chi connectivity index (χ1) is 13.9. The van der Waals surface area contributed by atoms with Gasteiger partial charge >= 0.3 is 5.22 Å². The molecule has 0 aliphatic rings. The lowest BCUT2D eigenvalue weighted by atomic mass is 10.1. The summed E-state index contributed by atoms with van der Waals surface area (Å²) in [6.45, 7) is 1.48. The fourth-order valence-electron chi connectivity index (χ4n) is 2.69. The molecule has 0 bridgehead atoms. The van der Waals surface area contributed by atoms with Crippen LogP contribution < -0.4 is 5.32 Å². The van der Waals surface area contributed by atoms with Crippen LogP contribution in [-0.2, 0) is 27.5 Å². The quantitative estimate of drug-likeness (QED) is 0.605. The van der Waals surface area contributed by atoms with E-state index in [9.17, 15) is 17.6 Å². The molecule has 1 atom stereocenters. The summed E-state index contributed by atoms with van der Waals surface area (Å²) in [6, 6.07) is 14.2. The van der Waals surface area contributed by atoms with Gasteiger partial charge in [-0.2, -0.15) is 0 Å². The number of sulfone groups is 1. The van der Waals surface area contributed by atoms with Crippen LogP contribution in [0.25, 0.3) is 0 Å². The molecule has 0 aliphatic heterocycles. The number of nitrogens with zero attached hydrogens (tertiary/aromatic N) is 2. The van der Waals surface area contributed by atoms with E-state index >= 15 is 0 Å². The second-order valence-corrected chi connectivity index (χ2v) is 8.58. The highest BCUT2D eigenvalue weighted by Gasteiger charge is 2.26. The molecule has 1 N–H and O–H groups in total. The number of halogens is 1. The second kappa shape index (κ2) is 8.95. The lowest BCUT2D eigenvalue weighted by Gasteiger charge is -2.15. The van der Waals surface area contributed by atoms with E-state index in [2.05, 4.69) is 15.5 Å². The van der Waals surface area contributed by atoms with E-state index in [1.165, 1.54) is 31.2 Å². The first kappa shape index (κ1) is 20.7. The molecule has 1 heterocycles. The maximum Gasteiger partial charge on any atom is 0.335 e. The van der Waals surface area contributed by atoms with Crippen molar-refractivity contribution in [1.82, 2.24) is 15.5 Å². The van der Waals surface area contributed by atoms with E-state index in [0.717, 1.165) is 5.56 Å².